The molecule has 1 aromatic carbocycles. The zero-order valence-electron chi connectivity index (χ0n) is 7.04. The Labute approximate surface area is 81.5 Å². The first-order chi connectivity index (χ1) is 6.81. The standard InChI is InChI=1S/C8H5F3O4/c9-8(10,11)15-5-3-1-2-4(6(5)12)7(13)14/h1-3,12H,(H,13,14)/p-1. The average Bonchev–Trinajstić information content (AvgIpc) is 2.05. The summed E-state index contributed by atoms with van der Waals surface area (Å²) in [5.41, 5.74) is -0.767. The summed E-state index contributed by atoms with van der Waals surface area (Å²) in [4.78, 5) is 10.4. The van der Waals surface area contributed by atoms with Gasteiger partial charge in [0.1, 0.15) is 5.75 Å². The van der Waals surface area contributed by atoms with Gasteiger partial charge >= 0.3 is 12.3 Å². The molecule has 1 aromatic rings. The first-order valence-corrected chi connectivity index (χ1v) is 3.60. The number of carbonyl (C=O) groups is 1. The van der Waals surface area contributed by atoms with Gasteiger partial charge < -0.3 is 14.9 Å². The smallest absolute Gasteiger partial charge is 0.573 e. The van der Waals surface area contributed by atoms with Crippen molar-refractivity contribution in [3.63, 3.8) is 0 Å². The van der Waals surface area contributed by atoms with Crippen molar-refractivity contribution < 1.29 is 32.9 Å². The van der Waals surface area contributed by atoms with Gasteiger partial charge in [-0.15, -0.1) is 13.2 Å². The van der Waals surface area contributed by atoms with E-state index >= 15 is 0 Å². The van der Waals surface area contributed by atoms with Gasteiger partial charge in [0.05, 0.1) is 5.56 Å². The predicted octanol–water partition coefficient (Wildman–Crippen LogP) is 1.36. The number of ether oxygens (including phenoxy) is 1. The fourth-order valence-electron chi connectivity index (χ4n) is 0.889. The summed E-state index contributed by atoms with van der Waals surface area (Å²) in [5.74, 6) is -3.96. The molecule has 4 nitrogen and oxygen atoms in total. The van der Waals surface area contributed by atoms with Crippen LogP contribution in [-0.4, -0.2) is 17.4 Å². The maximum absolute atomic E-state index is 11.7. The number of rotatable bonds is 2. The molecule has 0 heterocycles. The van der Waals surface area contributed by atoms with Crippen LogP contribution in [0.15, 0.2) is 18.2 Å². The first kappa shape index (κ1) is 11.2. The molecule has 0 amide bonds. The van der Waals surface area contributed by atoms with Crippen molar-refractivity contribution in [2.75, 3.05) is 0 Å². The van der Waals surface area contributed by atoms with Crippen molar-refractivity contribution in [3.8, 4) is 11.5 Å². The number of hydrogen-bond acceptors (Lipinski definition) is 3. The Balaban J connectivity index is 3.10. The summed E-state index contributed by atoms with van der Waals surface area (Å²) in [6.45, 7) is 0. The Bertz CT molecular complexity index is 386. The highest BCUT2D eigenvalue weighted by Crippen LogP contribution is 2.31. The molecule has 7 heteroatoms. The van der Waals surface area contributed by atoms with E-state index in [9.17, 15) is 23.1 Å². The number of hydrogen-bond donors (Lipinski definition) is 1. The van der Waals surface area contributed by atoms with Crippen LogP contribution in [0.25, 0.3) is 0 Å². The van der Waals surface area contributed by atoms with Crippen molar-refractivity contribution in [2.24, 2.45) is 0 Å². The summed E-state index contributed by atoms with van der Waals surface area (Å²) < 4.78 is 38.6. The molecule has 0 radical (unpaired) electrons. The Kier molecular flexibility index (Phi) is 2.74. The highest BCUT2D eigenvalue weighted by Gasteiger charge is 2.31. The molecule has 0 saturated heterocycles. The molecule has 0 fully saturated rings. The molecule has 0 saturated carbocycles. The Morgan fingerprint density at radius 3 is 2.47 bits per heavy atom. The fourth-order valence-corrected chi connectivity index (χ4v) is 0.889. The molecule has 0 atom stereocenters. The highest BCUT2D eigenvalue weighted by atomic mass is 19.4. The number of carboxylic acid groups (broad SMARTS) is 1. The van der Waals surface area contributed by atoms with Crippen molar-refractivity contribution >= 4 is 5.97 Å². The van der Waals surface area contributed by atoms with E-state index in [2.05, 4.69) is 4.74 Å². The largest absolute Gasteiger partial charge is 0.869 e. The number of carboxylic acids is 1. The SMILES string of the molecule is O=C(O)c1cccc(OC(F)(F)F)c1[O-]. The van der Waals surface area contributed by atoms with E-state index in [4.69, 9.17) is 5.11 Å². The van der Waals surface area contributed by atoms with Crippen LogP contribution in [0.2, 0.25) is 0 Å². The van der Waals surface area contributed by atoms with E-state index in [1.165, 1.54) is 0 Å². The molecular weight excluding hydrogens is 217 g/mol. The van der Waals surface area contributed by atoms with E-state index in [-0.39, 0.29) is 0 Å². The molecular formula is C8H4F3O4-. The third-order valence-electron chi connectivity index (χ3n) is 1.44. The average molecular weight is 221 g/mol. The van der Waals surface area contributed by atoms with Crippen molar-refractivity contribution in [2.45, 2.75) is 6.36 Å². The third kappa shape index (κ3) is 2.76. The maximum Gasteiger partial charge on any atom is 0.573 e. The molecule has 0 aliphatic heterocycles. The summed E-state index contributed by atoms with van der Waals surface area (Å²) in [6.07, 6.45) is -5.02. The van der Waals surface area contributed by atoms with Crippen LogP contribution in [-0.2, 0) is 0 Å². The van der Waals surface area contributed by atoms with E-state index in [1.807, 2.05) is 0 Å². The van der Waals surface area contributed by atoms with Gasteiger partial charge in [0.15, 0.2) is 0 Å². The molecule has 0 spiro atoms. The number of benzene rings is 1. The van der Waals surface area contributed by atoms with Crippen LogP contribution >= 0.6 is 0 Å². The van der Waals surface area contributed by atoms with Crippen LogP contribution in [0.4, 0.5) is 13.2 Å². The lowest BCUT2D eigenvalue weighted by atomic mass is 10.2. The van der Waals surface area contributed by atoms with Gasteiger partial charge in [0.25, 0.3) is 0 Å². The predicted molar refractivity (Wildman–Crippen MR) is 39.5 cm³/mol. The van der Waals surface area contributed by atoms with Crippen molar-refractivity contribution in [1.29, 1.82) is 0 Å². The lowest BCUT2D eigenvalue weighted by molar-refractivity contribution is -0.296. The zero-order chi connectivity index (χ0) is 11.6. The van der Waals surface area contributed by atoms with Gasteiger partial charge in [-0.3, -0.25) is 0 Å². The van der Waals surface area contributed by atoms with Gasteiger partial charge in [-0.05, 0) is 12.1 Å². The number of aromatic carboxylic acids is 1. The molecule has 82 valence electrons. The second-order valence-electron chi connectivity index (χ2n) is 2.49. The molecule has 1 N–H and O–H groups in total. The minimum absolute atomic E-state index is 0.752. The summed E-state index contributed by atoms with van der Waals surface area (Å²) in [6, 6.07) is 2.64. The van der Waals surface area contributed by atoms with E-state index < -0.39 is 29.4 Å². The zero-order valence-corrected chi connectivity index (χ0v) is 7.04. The Hall–Kier alpha value is -1.92. The van der Waals surface area contributed by atoms with Crippen LogP contribution in [0, 0.1) is 0 Å². The second kappa shape index (κ2) is 3.68. The molecule has 0 aromatic heterocycles. The van der Waals surface area contributed by atoms with Gasteiger partial charge in [-0.2, -0.15) is 0 Å². The van der Waals surface area contributed by atoms with Crippen molar-refractivity contribution in [1.82, 2.24) is 0 Å². The monoisotopic (exact) mass is 221 g/mol. The molecule has 15 heavy (non-hydrogen) atoms. The third-order valence-corrected chi connectivity index (χ3v) is 1.44. The molecule has 0 aliphatic carbocycles. The fraction of sp³-hybridized carbons (Fsp3) is 0.125. The molecule has 0 aliphatic rings. The quantitative estimate of drug-likeness (QED) is 0.818. The molecule has 0 unspecified atom stereocenters. The number of para-hydroxylation sites is 1. The Morgan fingerprint density at radius 2 is 2.00 bits per heavy atom. The van der Waals surface area contributed by atoms with E-state index in [0.717, 1.165) is 18.2 Å². The van der Waals surface area contributed by atoms with E-state index in [0.29, 0.717) is 0 Å². The second-order valence-corrected chi connectivity index (χ2v) is 2.49. The first-order valence-electron chi connectivity index (χ1n) is 3.60. The highest BCUT2D eigenvalue weighted by molar-refractivity contribution is 5.91. The summed E-state index contributed by atoms with van der Waals surface area (Å²) >= 11 is 0. The minimum atomic E-state index is -5.02. The number of alkyl halides is 3. The lowest BCUT2D eigenvalue weighted by Gasteiger charge is -2.17. The van der Waals surface area contributed by atoms with Crippen LogP contribution in [0.1, 0.15) is 10.4 Å². The maximum atomic E-state index is 11.7. The summed E-state index contributed by atoms with van der Waals surface area (Å²) in [7, 11) is 0. The van der Waals surface area contributed by atoms with Gasteiger partial charge in [0.2, 0.25) is 0 Å². The Morgan fingerprint density at radius 1 is 1.40 bits per heavy atom. The van der Waals surface area contributed by atoms with Crippen LogP contribution in [0.5, 0.6) is 11.5 Å². The molecule has 1 rings (SSSR count). The van der Waals surface area contributed by atoms with Crippen LogP contribution in [0.3, 0.4) is 0 Å². The van der Waals surface area contributed by atoms with Gasteiger partial charge in [-0.1, -0.05) is 11.8 Å². The summed E-state index contributed by atoms with van der Waals surface area (Å²) in [5, 5.41) is 19.5. The molecule has 0 bridgehead atoms. The normalized spacial score (nSPS) is 11.1. The van der Waals surface area contributed by atoms with E-state index in [1.54, 1.807) is 0 Å². The minimum Gasteiger partial charge on any atom is -0.869 e. The number of halogens is 3. The van der Waals surface area contributed by atoms with Crippen molar-refractivity contribution in [3.05, 3.63) is 23.8 Å². The lowest BCUT2D eigenvalue weighted by Crippen LogP contribution is -2.19. The topological polar surface area (TPSA) is 69.6 Å². The van der Waals surface area contributed by atoms with Gasteiger partial charge in [-0.25, -0.2) is 4.79 Å². The van der Waals surface area contributed by atoms with Gasteiger partial charge in [0, 0.05) is 0 Å². The van der Waals surface area contributed by atoms with Crippen LogP contribution < -0.4 is 9.84 Å².